The molecular weight excluding hydrogens is 272 g/mol. The van der Waals surface area contributed by atoms with E-state index < -0.39 is 0 Å². The van der Waals surface area contributed by atoms with E-state index in [2.05, 4.69) is 0 Å². The second-order valence-electron chi connectivity index (χ2n) is 5.27. The summed E-state index contributed by atoms with van der Waals surface area (Å²) >= 11 is 1.61. The van der Waals surface area contributed by atoms with Crippen molar-refractivity contribution in [2.75, 3.05) is 13.1 Å². The molecule has 0 saturated carbocycles. The molecule has 0 N–H and O–H groups in total. The number of hydrogen-bond acceptors (Lipinski definition) is 3. The van der Waals surface area contributed by atoms with Crippen molar-refractivity contribution in [3.8, 4) is 0 Å². The Balaban J connectivity index is 2.01. The van der Waals surface area contributed by atoms with Gasteiger partial charge in [-0.05, 0) is 25.3 Å². The summed E-state index contributed by atoms with van der Waals surface area (Å²) in [6, 6.07) is 4.13. The molecule has 1 aliphatic heterocycles. The quantitative estimate of drug-likeness (QED) is 0.857. The number of carbonyl (C=O) groups is 2. The predicted octanol–water partition coefficient (Wildman–Crippen LogP) is 2.15. The molecule has 1 saturated heterocycles. The molecule has 0 aromatic carbocycles. The van der Waals surface area contributed by atoms with Gasteiger partial charge in [-0.2, -0.15) is 0 Å². The van der Waals surface area contributed by atoms with E-state index >= 15 is 0 Å². The normalized spacial score (nSPS) is 22.9. The Hall–Kier alpha value is -1.36. The molecule has 1 aromatic heterocycles. The molecule has 0 aliphatic carbocycles. The topological polar surface area (TPSA) is 40.6 Å². The summed E-state index contributed by atoms with van der Waals surface area (Å²) in [4.78, 5) is 29.2. The monoisotopic (exact) mass is 294 g/mol. The van der Waals surface area contributed by atoms with Gasteiger partial charge in [0.25, 0.3) is 0 Å². The Labute approximate surface area is 124 Å². The zero-order chi connectivity index (χ0) is 14.7. The van der Waals surface area contributed by atoms with Crippen LogP contribution < -0.4 is 0 Å². The molecule has 0 unspecified atom stereocenters. The lowest BCUT2D eigenvalue weighted by molar-refractivity contribution is -0.145. The summed E-state index contributed by atoms with van der Waals surface area (Å²) in [6.45, 7) is 7.23. The van der Waals surface area contributed by atoms with Gasteiger partial charge in [-0.1, -0.05) is 13.0 Å². The average molecular weight is 294 g/mol. The molecule has 2 amide bonds. The molecule has 110 valence electrons. The zero-order valence-electron chi connectivity index (χ0n) is 12.3. The van der Waals surface area contributed by atoms with Crippen LogP contribution in [0.3, 0.4) is 0 Å². The van der Waals surface area contributed by atoms with Gasteiger partial charge in [0, 0.05) is 36.5 Å². The lowest BCUT2D eigenvalue weighted by atomic mass is 10.0. The Morgan fingerprint density at radius 1 is 1.20 bits per heavy atom. The SMILES string of the molecule is CCC(=O)N1CCN(C(=O)Cc2cccs2)[C@@H](C)[C@H]1C. The summed E-state index contributed by atoms with van der Waals surface area (Å²) < 4.78 is 0. The maximum absolute atomic E-state index is 12.4. The molecule has 20 heavy (non-hydrogen) atoms. The third-order valence-corrected chi connectivity index (χ3v) is 4.99. The van der Waals surface area contributed by atoms with E-state index in [9.17, 15) is 9.59 Å². The fraction of sp³-hybridized carbons (Fsp3) is 0.600. The van der Waals surface area contributed by atoms with Crippen LogP contribution in [0.5, 0.6) is 0 Å². The fourth-order valence-electron chi connectivity index (χ4n) is 2.71. The second kappa shape index (κ2) is 6.39. The molecule has 2 heterocycles. The molecular formula is C15H22N2O2S. The number of hydrogen-bond donors (Lipinski definition) is 0. The first-order valence-corrected chi connectivity index (χ1v) is 8.03. The smallest absolute Gasteiger partial charge is 0.228 e. The zero-order valence-corrected chi connectivity index (χ0v) is 13.2. The van der Waals surface area contributed by atoms with E-state index in [-0.39, 0.29) is 23.9 Å². The van der Waals surface area contributed by atoms with E-state index in [0.717, 1.165) is 4.88 Å². The van der Waals surface area contributed by atoms with E-state index in [1.165, 1.54) is 0 Å². The van der Waals surface area contributed by atoms with Crippen molar-refractivity contribution in [3.63, 3.8) is 0 Å². The van der Waals surface area contributed by atoms with Crippen LogP contribution in [0, 0.1) is 0 Å². The van der Waals surface area contributed by atoms with Gasteiger partial charge in [0.2, 0.25) is 11.8 Å². The van der Waals surface area contributed by atoms with E-state index in [0.29, 0.717) is 25.9 Å². The highest BCUT2D eigenvalue weighted by atomic mass is 32.1. The van der Waals surface area contributed by atoms with Crippen LogP contribution in [0.4, 0.5) is 0 Å². The van der Waals surface area contributed by atoms with Gasteiger partial charge < -0.3 is 9.80 Å². The molecule has 0 radical (unpaired) electrons. The number of amides is 2. The van der Waals surface area contributed by atoms with Crippen LogP contribution in [-0.2, 0) is 16.0 Å². The minimum atomic E-state index is 0.0757. The molecule has 1 fully saturated rings. The molecule has 1 aromatic rings. The van der Waals surface area contributed by atoms with Crippen LogP contribution in [0.1, 0.15) is 32.1 Å². The first-order valence-electron chi connectivity index (χ1n) is 7.16. The van der Waals surface area contributed by atoms with Crippen LogP contribution in [0.15, 0.2) is 17.5 Å². The van der Waals surface area contributed by atoms with Gasteiger partial charge in [-0.25, -0.2) is 0 Å². The predicted molar refractivity (Wildman–Crippen MR) is 80.7 cm³/mol. The molecule has 4 nitrogen and oxygen atoms in total. The summed E-state index contributed by atoms with van der Waals surface area (Å²) in [7, 11) is 0. The van der Waals surface area contributed by atoms with Gasteiger partial charge in [-0.15, -0.1) is 11.3 Å². The van der Waals surface area contributed by atoms with Crippen molar-refractivity contribution in [3.05, 3.63) is 22.4 Å². The van der Waals surface area contributed by atoms with Gasteiger partial charge in [0.05, 0.1) is 6.42 Å². The first-order chi connectivity index (χ1) is 9.54. The molecule has 2 rings (SSSR count). The van der Waals surface area contributed by atoms with Crippen molar-refractivity contribution in [2.45, 2.75) is 45.7 Å². The summed E-state index contributed by atoms with van der Waals surface area (Å²) in [5.74, 6) is 0.338. The van der Waals surface area contributed by atoms with Crippen LogP contribution in [0.25, 0.3) is 0 Å². The Morgan fingerprint density at radius 2 is 1.80 bits per heavy atom. The van der Waals surface area contributed by atoms with Gasteiger partial charge in [0.15, 0.2) is 0 Å². The van der Waals surface area contributed by atoms with Crippen molar-refractivity contribution < 1.29 is 9.59 Å². The van der Waals surface area contributed by atoms with Crippen molar-refractivity contribution in [2.24, 2.45) is 0 Å². The molecule has 0 bridgehead atoms. The lowest BCUT2D eigenvalue weighted by Gasteiger charge is -2.45. The Bertz CT molecular complexity index is 472. The summed E-state index contributed by atoms with van der Waals surface area (Å²) in [6.07, 6.45) is 0.997. The van der Waals surface area contributed by atoms with Crippen LogP contribution in [-0.4, -0.2) is 46.8 Å². The Kier molecular flexibility index (Phi) is 4.81. The van der Waals surface area contributed by atoms with Gasteiger partial charge in [0.1, 0.15) is 0 Å². The fourth-order valence-corrected chi connectivity index (χ4v) is 3.41. The summed E-state index contributed by atoms with van der Waals surface area (Å²) in [5, 5.41) is 1.99. The number of carbonyl (C=O) groups excluding carboxylic acids is 2. The summed E-state index contributed by atoms with van der Waals surface area (Å²) in [5.41, 5.74) is 0. The first kappa shape index (κ1) is 15.0. The maximum Gasteiger partial charge on any atom is 0.228 e. The molecule has 0 spiro atoms. The van der Waals surface area contributed by atoms with Crippen LogP contribution >= 0.6 is 11.3 Å². The average Bonchev–Trinajstić information content (AvgIpc) is 2.93. The van der Waals surface area contributed by atoms with Crippen molar-refractivity contribution in [1.82, 2.24) is 9.80 Å². The van der Waals surface area contributed by atoms with Crippen molar-refractivity contribution in [1.29, 1.82) is 0 Å². The molecule has 5 heteroatoms. The minimum Gasteiger partial charge on any atom is -0.336 e. The van der Waals surface area contributed by atoms with E-state index in [1.54, 1.807) is 11.3 Å². The van der Waals surface area contributed by atoms with Gasteiger partial charge in [-0.3, -0.25) is 9.59 Å². The lowest BCUT2D eigenvalue weighted by Crippen LogP contribution is -2.60. The highest BCUT2D eigenvalue weighted by Gasteiger charge is 2.34. The highest BCUT2D eigenvalue weighted by molar-refractivity contribution is 7.10. The third-order valence-electron chi connectivity index (χ3n) is 4.11. The van der Waals surface area contributed by atoms with E-state index in [4.69, 9.17) is 0 Å². The molecule has 1 aliphatic rings. The standard InChI is InChI=1S/C15H22N2O2S/c1-4-14(18)16-7-8-17(12(3)11(16)2)15(19)10-13-6-5-9-20-13/h5-6,9,11-12H,4,7-8,10H2,1-3H3/t11-,12+/m1/s1. The Morgan fingerprint density at radius 3 is 2.30 bits per heavy atom. The number of rotatable bonds is 3. The maximum atomic E-state index is 12.4. The number of nitrogens with zero attached hydrogens (tertiary/aromatic N) is 2. The largest absolute Gasteiger partial charge is 0.336 e. The number of thiophene rings is 1. The second-order valence-corrected chi connectivity index (χ2v) is 6.30. The van der Waals surface area contributed by atoms with Crippen LogP contribution in [0.2, 0.25) is 0 Å². The highest BCUT2D eigenvalue weighted by Crippen LogP contribution is 2.20. The molecule has 2 atom stereocenters. The van der Waals surface area contributed by atoms with Gasteiger partial charge >= 0.3 is 0 Å². The minimum absolute atomic E-state index is 0.0757. The third kappa shape index (κ3) is 3.03. The van der Waals surface area contributed by atoms with E-state index in [1.807, 2.05) is 48.1 Å². The van der Waals surface area contributed by atoms with Crippen molar-refractivity contribution >= 4 is 23.2 Å². The number of piperazine rings is 1.